The van der Waals surface area contributed by atoms with Gasteiger partial charge in [-0.15, -0.1) is 0 Å². The largest absolute Gasteiger partial charge is 0.390 e. The highest BCUT2D eigenvalue weighted by atomic mass is 79.9. The van der Waals surface area contributed by atoms with Gasteiger partial charge in [0.25, 0.3) is 0 Å². The molecule has 0 saturated heterocycles. The molecule has 0 bridgehead atoms. The zero-order valence-electron chi connectivity index (χ0n) is 7.04. The maximum atomic E-state index is 9.53. The van der Waals surface area contributed by atoms with Crippen LogP contribution in [0.3, 0.4) is 0 Å². The highest BCUT2D eigenvalue weighted by molar-refractivity contribution is 9.13. The van der Waals surface area contributed by atoms with Crippen molar-refractivity contribution in [2.45, 2.75) is 19.1 Å². The molecule has 0 aliphatic carbocycles. The summed E-state index contributed by atoms with van der Waals surface area (Å²) in [6.45, 7) is 1.56. The van der Waals surface area contributed by atoms with Gasteiger partial charge in [-0.3, -0.25) is 0 Å². The molecule has 0 saturated carbocycles. The van der Waals surface area contributed by atoms with E-state index in [2.05, 4.69) is 31.9 Å². The molecule has 0 aliphatic heterocycles. The predicted molar refractivity (Wildman–Crippen MR) is 58.5 cm³/mol. The first-order valence-corrected chi connectivity index (χ1v) is 5.42. The van der Waals surface area contributed by atoms with E-state index in [1.807, 2.05) is 6.07 Å². The molecule has 1 aromatic carbocycles. The average Bonchev–Trinajstić information content (AvgIpc) is 2.08. The minimum absolute atomic E-state index is 0.699. The summed E-state index contributed by atoms with van der Waals surface area (Å²) < 4.78 is 1.79. The predicted octanol–water partition coefficient (Wildman–Crippen LogP) is 2.63. The Morgan fingerprint density at radius 3 is 2.23 bits per heavy atom. The maximum absolute atomic E-state index is 9.53. The fraction of sp³-hybridized carbons (Fsp3) is 0.333. The summed E-state index contributed by atoms with van der Waals surface area (Å²) in [7, 11) is 0. The molecule has 0 radical (unpaired) electrons. The zero-order valence-corrected chi connectivity index (χ0v) is 10.2. The molecule has 2 atom stereocenters. The third kappa shape index (κ3) is 2.77. The summed E-state index contributed by atoms with van der Waals surface area (Å²) in [4.78, 5) is 0. The van der Waals surface area contributed by atoms with E-state index < -0.39 is 12.2 Å². The SMILES string of the molecule is C[C@H](O)[C@@H](O)c1ccc(Br)c(Br)c1. The van der Waals surface area contributed by atoms with Gasteiger partial charge in [0.2, 0.25) is 0 Å². The van der Waals surface area contributed by atoms with E-state index in [1.165, 1.54) is 0 Å². The van der Waals surface area contributed by atoms with E-state index >= 15 is 0 Å². The molecule has 0 heterocycles. The smallest absolute Gasteiger partial charge is 0.105 e. The normalized spacial score (nSPS) is 15.5. The molecular formula is C9H10Br2O2. The van der Waals surface area contributed by atoms with Gasteiger partial charge in [-0.2, -0.15) is 0 Å². The van der Waals surface area contributed by atoms with Crippen molar-refractivity contribution in [2.75, 3.05) is 0 Å². The van der Waals surface area contributed by atoms with Gasteiger partial charge < -0.3 is 10.2 Å². The Balaban J connectivity index is 2.97. The standard InChI is InChI=1S/C9H10Br2O2/c1-5(12)9(13)6-2-3-7(10)8(11)4-6/h2-5,9,12-13H,1H3/t5-,9+/m0/s1. The molecule has 2 nitrogen and oxygen atoms in total. The number of halogens is 2. The van der Waals surface area contributed by atoms with E-state index in [-0.39, 0.29) is 0 Å². The molecule has 1 aromatic rings. The van der Waals surface area contributed by atoms with Crippen molar-refractivity contribution in [1.82, 2.24) is 0 Å². The molecule has 2 N–H and O–H groups in total. The van der Waals surface area contributed by atoms with Crippen molar-refractivity contribution >= 4 is 31.9 Å². The molecule has 4 heteroatoms. The molecule has 1 rings (SSSR count). The van der Waals surface area contributed by atoms with E-state index in [1.54, 1.807) is 19.1 Å². The summed E-state index contributed by atoms with van der Waals surface area (Å²) >= 11 is 6.65. The Morgan fingerprint density at radius 1 is 1.15 bits per heavy atom. The Morgan fingerprint density at radius 2 is 1.77 bits per heavy atom. The fourth-order valence-electron chi connectivity index (χ4n) is 0.975. The van der Waals surface area contributed by atoms with E-state index in [0.29, 0.717) is 5.56 Å². The fourth-order valence-corrected chi connectivity index (χ4v) is 1.62. The van der Waals surface area contributed by atoms with Crippen molar-refractivity contribution in [3.05, 3.63) is 32.7 Å². The lowest BCUT2D eigenvalue weighted by Gasteiger charge is -2.14. The van der Waals surface area contributed by atoms with Crippen LogP contribution in [-0.2, 0) is 0 Å². The number of hydrogen-bond acceptors (Lipinski definition) is 2. The van der Waals surface area contributed by atoms with Crippen LogP contribution < -0.4 is 0 Å². The molecule has 72 valence electrons. The molecule has 13 heavy (non-hydrogen) atoms. The average molecular weight is 310 g/mol. The maximum Gasteiger partial charge on any atom is 0.105 e. The van der Waals surface area contributed by atoms with Crippen LogP contribution in [-0.4, -0.2) is 16.3 Å². The first kappa shape index (κ1) is 11.2. The molecule has 0 spiro atoms. The summed E-state index contributed by atoms with van der Waals surface area (Å²) in [6, 6.07) is 5.37. The Bertz CT molecular complexity index is 300. The zero-order chi connectivity index (χ0) is 10.0. The van der Waals surface area contributed by atoms with Crippen molar-refractivity contribution in [2.24, 2.45) is 0 Å². The van der Waals surface area contributed by atoms with Crippen LogP contribution in [0.4, 0.5) is 0 Å². The van der Waals surface area contributed by atoms with E-state index in [9.17, 15) is 5.11 Å². The second-order valence-electron chi connectivity index (χ2n) is 2.86. The number of aliphatic hydroxyl groups excluding tert-OH is 2. The lowest BCUT2D eigenvalue weighted by molar-refractivity contribution is 0.0305. The van der Waals surface area contributed by atoms with E-state index in [4.69, 9.17) is 5.11 Å². The summed E-state index contributed by atoms with van der Waals surface area (Å²) in [5.74, 6) is 0. The van der Waals surface area contributed by atoms with Crippen LogP contribution in [0, 0.1) is 0 Å². The van der Waals surface area contributed by atoms with E-state index in [0.717, 1.165) is 8.95 Å². The third-order valence-corrected chi connectivity index (χ3v) is 3.62. The van der Waals surface area contributed by atoms with Crippen molar-refractivity contribution in [1.29, 1.82) is 0 Å². The monoisotopic (exact) mass is 308 g/mol. The van der Waals surface area contributed by atoms with Gasteiger partial charge in [-0.25, -0.2) is 0 Å². The third-order valence-electron chi connectivity index (χ3n) is 1.74. The van der Waals surface area contributed by atoms with Crippen LogP contribution in [0.2, 0.25) is 0 Å². The number of aliphatic hydroxyl groups is 2. The number of rotatable bonds is 2. The Kier molecular flexibility index (Phi) is 3.91. The first-order valence-electron chi connectivity index (χ1n) is 3.83. The van der Waals surface area contributed by atoms with Crippen molar-refractivity contribution in [3.63, 3.8) is 0 Å². The Labute approximate surface area is 93.8 Å². The van der Waals surface area contributed by atoms with Gasteiger partial charge in [0.05, 0.1) is 6.10 Å². The molecule has 0 aliphatic rings. The summed E-state index contributed by atoms with van der Waals surface area (Å²) in [5, 5.41) is 18.7. The van der Waals surface area contributed by atoms with Gasteiger partial charge in [-0.1, -0.05) is 6.07 Å². The number of benzene rings is 1. The van der Waals surface area contributed by atoms with Gasteiger partial charge in [0.15, 0.2) is 0 Å². The molecule has 0 aromatic heterocycles. The molecular weight excluding hydrogens is 300 g/mol. The first-order chi connectivity index (χ1) is 6.02. The lowest BCUT2D eigenvalue weighted by Crippen LogP contribution is -2.13. The number of hydrogen-bond donors (Lipinski definition) is 2. The Hall–Kier alpha value is 0.1000. The van der Waals surface area contributed by atoms with Gasteiger partial charge in [-0.05, 0) is 56.5 Å². The van der Waals surface area contributed by atoms with Crippen molar-refractivity contribution in [3.8, 4) is 0 Å². The van der Waals surface area contributed by atoms with Crippen LogP contribution in [0.25, 0.3) is 0 Å². The summed E-state index contributed by atoms with van der Waals surface area (Å²) in [5.41, 5.74) is 0.699. The van der Waals surface area contributed by atoms with Crippen LogP contribution in [0.15, 0.2) is 27.1 Å². The lowest BCUT2D eigenvalue weighted by atomic mass is 10.1. The molecule has 0 unspecified atom stereocenters. The molecule has 0 fully saturated rings. The topological polar surface area (TPSA) is 40.5 Å². The van der Waals surface area contributed by atoms with Crippen LogP contribution in [0.1, 0.15) is 18.6 Å². The quantitative estimate of drug-likeness (QED) is 0.881. The summed E-state index contributed by atoms with van der Waals surface area (Å²) in [6.07, 6.45) is -1.59. The molecule has 0 amide bonds. The minimum Gasteiger partial charge on any atom is -0.390 e. The second kappa shape index (κ2) is 4.55. The highest BCUT2D eigenvalue weighted by Gasteiger charge is 2.13. The minimum atomic E-state index is -0.829. The highest BCUT2D eigenvalue weighted by Crippen LogP contribution is 2.27. The van der Waals surface area contributed by atoms with Crippen LogP contribution >= 0.6 is 31.9 Å². The van der Waals surface area contributed by atoms with Gasteiger partial charge >= 0.3 is 0 Å². The van der Waals surface area contributed by atoms with Crippen molar-refractivity contribution < 1.29 is 10.2 Å². The van der Waals surface area contributed by atoms with Gasteiger partial charge in [0, 0.05) is 8.95 Å². The van der Waals surface area contributed by atoms with Crippen LogP contribution in [0.5, 0.6) is 0 Å². The van der Waals surface area contributed by atoms with Gasteiger partial charge in [0.1, 0.15) is 6.10 Å². The second-order valence-corrected chi connectivity index (χ2v) is 4.57.